The van der Waals surface area contributed by atoms with Crippen molar-refractivity contribution in [2.45, 2.75) is 95.9 Å². The smallest absolute Gasteiger partial charge is 0.381 e. The lowest BCUT2D eigenvalue weighted by Crippen LogP contribution is -2.45. The minimum atomic E-state index is -2.74. The number of hydrogen-bond acceptors (Lipinski definition) is 4. The second kappa shape index (κ2) is 20.5. The molecule has 0 fully saturated rings. The topological polar surface area (TPSA) is 36.9 Å². The molecule has 0 radical (unpaired) electrons. The van der Waals surface area contributed by atoms with Crippen LogP contribution in [0.2, 0.25) is 6.04 Å². The first-order chi connectivity index (χ1) is 18.2. The first kappa shape index (κ1) is 31.7. The molecule has 0 unspecified atom stereocenters. The zero-order chi connectivity index (χ0) is 26.4. The van der Waals surface area contributed by atoms with Gasteiger partial charge >= 0.3 is 8.80 Å². The van der Waals surface area contributed by atoms with Crippen LogP contribution in [0.25, 0.3) is 0 Å². The molecule has 37 heavy (non-hydrogen) atoms. The van der Waals surface area contributed by atoms with Crippen LogP contribution in [0.4, 0.5) is 0 Å². The first-order valence-electron chi connectivity index (χ1n) is 14.7. The van der Waals surface area contributed by atoms with Crippen LogP contribution in [0.1, 0.15) is 101 Å². The quantitative estimate of drug-likeness (QED) is 0.107. The van der Waals surface area contributed by atoms with Gasteiger partial charge in [0.1, 0.15) is 0 Å². The maximum absolute atomic E-state index is 6.33. The molecule has 0 spiro atoms. The average molecular weight is 529 g/mol. The fourth-order valence-corrected chi connectivity index (χ4v) is 6.65. The van der Waals surface area contributed by atoms with E-state index in [-0.39, 0.29) is 5.92 Å². The van der Waals surface area contributed by atoms with Gasteiger partial charge in [-0.05, 0) is 24.0 Å². The summed E-state index contributed by atoms with van der Waals surface area (Å²) in [5.41, 5.74) is 2.60. The molecule has 0 bridgehead atoms. The third-order valence-electron chi connectivity index (χ3n) is 7.20. The molecule has 0 aromatic heterocycles. The Kier molecular flexibility index (Phi) is 17.5. The van der Waals surface area contributed by atoms with Crippen LogP contribution in [0.15, 0.2) is 60.7 Å². The van der Waals surface area contributed by atoms with Crippen molar-refractivity contribution in [3.63, 3.8) is 0 Å². The highest BCUT2D eigenvalue weighted by molar-refractivity contribution is 6.60. The molecule has 0 N–H and O–H groups in total. The second-order valence-corrected chi connectivity index (χ2v) is 13.0. The van der Waals surface area contributed by atoms with Gasteiger partial charge in [0, 0.05) is 39.4 Å². The van der Waals surface area contributed by atoms with Crippen molar-refractivity contribution in [2.75, 3.05) is 34.0 Å². The lowest BCUT2D eigenvalue weighted by atomic mass is 9.89. The maximum Gasteiger partial charge on any atom is 0.502 e. The van der Waals surface area contributed by atoms with Crippen LogP contribution < -0.4 is 0 Å². The summed E-state index contributed by atoms with van der Waals surface area (Å²) in [5.74, 6) is 0.278. The van der Waals surface area contributed by atoms with Crippen LogP contribution in [0, 0.1) is 0 Å². The van der Waals surface area contributed by atoms with Crippen molar-refractivity contribution in [3.8, 4) is 0 Å². The Labute approximate surface area is 228 Å². The summed E-state index contributed by atoms with van der Waals surface area (Å²) in [6.07, 6.45) is 15.7. The molecule has 2 aromatic rings. The van der Waals surface area contributed by atoms with Crippen LogP contribution in [0.3, 0.4) is 0 Å². The Bertz CT molecular complexity index is 727. The first-order valence-corrected chi connectivity index (χ1v) is 16.6. The molecule has 208 valence electrons. The standard InChI is InChI=1S/C32H52O4Si/c1-4-5-6-7-8-9-10-11-12-13-20-26-35-28-29-37(33-2,34-3)36-27-25-32(30-21-16-14-17-22-30)31-23-18-15-19-24-31/h14-19,21-24,32H,4-13,20,25-29H2,1-3H3. The highest BCUT2D eigenvalue weighted by Crippen LogP contribution is 2.28. The Balaban J connectivity index is 1.63. The largest absolute Gasteiger partial charge is 0.502 e. The average Bonchev–Trinajstić information content (AvgIpc) is 2.95. The van der Waals surface area contributed by atoms with E-state index in [1.54, 1.807) is 14.2 Å². The van der Waals surface area contributed by atoms with E-state index < -0.39 is 8.80 Å². The minimum absolute atomic E-state index is 0.278. The molecule has 4 nitrogen and oxygen atoms in total. The summed E-state index contributed by atoms with van der Waals surface area (Å²) in [5, 5.41) is 0. The van der Waals surface area contributed by atoms with E-state index in [1.165, 1.54) is 75.3 Å². The molecule has 0 saturated carbocycles. The van der Waals surface area contributed by atoms with Crippen LogP contribution in [0.5, 0.6) is 0 Å². The Morgan fingerprint density at radius 2 is 1.08 bits per heavy atom. The molecule has 0 atom stereocenters. The molecule has 2 aromatic carbocycles. The molecule has 0 saturated heterocycles. The van der Waals surface area contributed by atoms with Crippen LogP contribution in [-0.2, 0) is 18.0 Å². The normalized spacial score (nSPS) is 11.9. The van der Waals surface area contributed by atoms with Gasteiger partial charge in [-0.15, -0.1) is 0 Å². The van der Waals surface area contributed by atoms with E-state index in [0.717, 1.165) is 19.4 Å². The van der Waals surface area contributed by atoms with E-state index in [2.05, 4.69) is 67.6 Å². The van der Waals surface area contributed by atoms with Gasteiger partial charge in [0.2, 0.25) is 0 Å². The van der Waals surface area contributed by atoms with Crippen molar-refractivity contribution in [3.05, 3.63) is 71.8 Å². The summed E-state index contributed by atoms with van der Waals surface area (Å²) in [4.78, 5) is 0. The molecular weight excluding hydrogens is 476 g/mol. The van der Waals surface area contributed by atoms with Crippen LogP contribution in [-0.4, -0.2) is 42.8 Å². The van der Waals surface area contributed by atoms with Crippen molar-refractivity contribution < 1.29 is 18.0 Å². The van der Waals surface area contributed by atoms with Gasteiger partial charge < -0.3 is 18.0 Å². The zero-order valence-corrected chi connectivity index (χ0v) is 24.8. The van der Waals surface area contributed by atoms with Crippen molar-refractivity contribution in [1.82, 2.24) is 0 Å². The van der Waals surface area contributed by atoms with Crippen molar-refractivity contribution in [1.29, 1.82) is 0 Å². The minimum Gasteiger partial charge on any atom is -0.381 e. The monoisotopic (exact) mass is 528 g/mol. The van der Waals surface area contributed by atoms with Gasteiger partial charge in [-0.3, -0.25) is 0 Å². The SMILES string of the molecule is CCCCCCCCCCCCCOCC[Si](OC)(OC)OCCC(c1ccccc1)c1ccccc1. The molecule has 0 aliphatic carbocycles. The van der Waals surface area contributed by atoms with Gasteiger partial charge in [-0.1, -0.05) is 132 Å². The Morgan fingerprint density at radius 1 is 0.595 bits per heavy atom. The second-order valence-electron chi connectivity index (χ2n) is 10.0. The maximum atomic E-state index is 6.33. The predicted octanol–water partition coefficient (Wildman–Crippen LogP) is 8.78. The van der Waals surface area contributed by atoms with E-state index in [0.29, 0.717) is 19.3 Å². The molecule has 0 amide bonds. The van der Waals surface area contributed by atoms with Crippen LogP contribution >= 0.6 is 0 Å². The highest BCUT2D eigenvalue weighted by atomic mass is 28.4. The fourth-order valence-electron chi connectivity index (χ4n) is 4.87. The lowest BCUT2D eigenvalue weighted by molar-refractivity contribution is 0.0765. The zero-order valence-electron chi connectivity index (χ0n) is 23.8. The number of unbranched alkanes of at least 4 members (excludes halogenated alkanes) is 10. The number of ether oxygens (including phenoxy) is 1. The van der Waals surface area contributed by atoms with Gasteiger partial charge in [0.15, 0.2) is 0 Å². The lowest BCUT2D eigenvalue weighted by Gasteiger charge is -2.27. The van der Waals surface area contributed by atoms with Gasteiger partial charge in [0.05, 0.1) is 6.61 Å². The van der Waals surface area contributed by atoms with Crippen molar-refractivity contribution in [2.24, 2.45) is 0 Å². The van der Waals surface area contributed by atoms with Gasteiger partial charge in [-0.2, -0.15) is 0 Å². The third-order valence-corrected chi connectivity index (χ3v) is 9.90. The summed E-state index contributed by atoms with van der Waals surface area (Å²) in [7, 11) is 0.660. The summed E-state index contributed by atoms with van der Waals surface area (Å²) in [6, 6.07) is 22.0. The molecule has 5 heteroatoms. The van der Waals surface area contributed by atoms with Gasteiger partial charge in [-0.25, -0.2) is 0 Å². The number of benzene rings is 2. The van der Waals surface area contributed by atoms with E-state index in [4.69, 9.17) is 18.0 Å². The van der Waals surface area contributed by atoms with E-state index >= 15 is 0 Å². The summed E-state index contributed by atoms with van der Waals surface area (Å²) < 4.78 is 23.9. The predicted molar refractivity (Wildman–Crippen MR) is 157 cm³/mol. The molecule has 0 heterocycles. The van der Waals surface area contributed by atoms with E-state index in [1.807, 2.05) is 0 Å². The highest BCUT2D eigenvalue weighted by Gasteiger charge is 2.39. The molecular formula is C32H52O4Si. The molecule has 2 rings (SSSR count). The molecule has 0 aliphatic heterocycles. The third kappa shape index (κ3) is 13.2. The summed E-state index contributed by atoms with van der Waals surface area (Å²) >= 11 is 0. The molecule has 0 aliphatic rings. The summed E-state index contributed by atoms with van der Waals surface area (Å²) in [6.45, 7) is 4.28. The number of rotatable bonds is 23. The number of hydrogen-bond donors (Lipinski definition) is 0. The Hall–Kier alpha value is -1.50. The Morgan fingerprint density at radius 3 is 1.57 bits per heavy atom. The van der Waals surface area contributed by atoms with Crippen molar-refractivity contribution >= 4 is 8.80 Å². The fraction of sp³-hybridized carbons (Fsp3) is 0.625. The van der Waals surface area contributed by atoms with Gasteiger partial charge in [0.25, 0.3) is 0 Å². The van der Waals surface area contributed by atoms with E-state index in [9.17, 15) is 0 Å².